The molecular weight excluding hydrogens is 380 g/mol. The normalized spacial score (nSPS) is 23.2. The zero-order valence-corrected chi connectivity index (χ0v) is 14.8. The van der Waals surface area contributed by atoms with Crippen LogP contribution < -0.4 is 9.80 Å². The first-order valence-electron chi connectivity index (χ1n) is 9.09. The van der Waals surface area contributed by atoms with E-state index in [1.807, 2.05) is 0 Å². The maximum Gasteiger partial charge on any atom is 0.303 e. The van der Waals surface area contributed by atoms with Crippen molar-refractivity contribution < 1.29 is 27.5 Å². The zero-order chi connectivity index (χ0) is 20.2. The molecule has 0 bridgehead atoms. The monoisotopic (exact) mass is 398 g/mol. The Morgan fingerprint density at radius 2 is 2.07 bits per heavy atom. The van der Waals surface area contributed by atoms with Crippen molar-refractivity contribution in [2.75, 3.05) is 29.4 Å². The van der Waals surface area contributed by atoms with Gasteiger partial charge in [0, 0.05) is 43.1 Å². The lowest BCUT2D eigenvalue weighted by Gasteiger charge is -2.44. The minimum atomic E-state index is -3.22. The van der Waals surface area contributed by atoms with Gasteiger partial charge in [-0.3, -0.25) is 4.79 Å². The summed E-state index contributed by atoms with van der Waals surface area (Å²) in [6, 6.07) is 0.630. The molecule has 2 saturated heterocycles. The van der Waals surface area contributed by atoms with Crippen LogP contribution in [0.3, 0.4) is 0 Å². The molecule has 28 heavy (non-hydrogen) atoms. The van der Waals surface area contributed by atoms with Crippen LogP contribution in [0.25, 0.3) is 0 Å². The number of anilines is 2. The standard InChI is InChI=1S/C18H18F4N4O2/c19-15(20)12-2-4-26(12)17-11(6-23)14-10(1-3-18(14,21)22)16(24-17)25-7-9(8-25)5-13(27)28/h9,12,15H,1-5,7-8H2,(H,27,28). The van der Waals surface area contributed by atoms with Gasteiger partial charge in [-0.05, 0) is 12.8 Å². The van der Waals surface area contributed by atoms with E-state index in [1.54, 1.807) is 11.0 Å². The van der Waals surface area contributed by atoms with Crippen molar-refractivity contribution in [2.45, 2.75) is 44.1 Å². The molecule has 1 unspecified atom stereocenters. The second-order valence-electron chi connectivity index (χ2n) is 7.56. The van der Waals surface area contributed by atoms with E-state index in [4.69, 9.17) is 5.11 Å². The van der Waals surface area contributed by atoms with E-state index in [0.29, 0.717) is 13.1 Å². The molecule has 1 aromatic heterocycles. The topological polar surface area (TPSA) is 80.5 Å². The largest absolute Gasteiger partial charge is 0.481 e. The van der Waals surface area contributed by atoms with Crippen LogP contribution in [0.5, 0.6) is 0 Å². The smallest absolute Gasteiger partial charge is 0.303 e. The molecule has 1 aliphatic carbocycles. The van der Waals surface area contributed by atoms with Gasteiger partial charge in [0.15, 0.2) is 0 Å². The number of halogens is 4. The number of aliphatic carboxylic acids is 1. The summed E-state index contributed by atoms with van der Waals surface area (Å²) in [6.07, 6.45) is -2.91. The van der Waals surface area contributed by atoms with Crippen LogP contribution >= 0.6 is 0 Å². The van der Waals surface area contributed by atoms with Crippen molar-refractivity contribution in [1.29, 1.82) is 5.26 Å². The molecule has 0 amide bonds. The Bertz CT molecular complexity index is 864. The first-order chi connectivity index (χ1) is 13.2. The minimum Gasteiger partial charge on any atom is -0.481 e. The van der Waals surface area contributed by atoms with Crippen molar-refractivity contribution in [1.82, 2.24) is 4.98 Å². The highest BCUT2D eigenvalue weighted by Crippen LogP contribution is 2.50. The number of carbonyl (C=O) groups is 1. The molecule has 1 N–H and O–H groups in total. The number of rotatable bonds is 5. The lowest BCUT2D eigenvalue weighted by atomic mass is 9.94. The van der Waals surface area contributed by atoms with E-state index >= 15 is 0 Å². The Morgan fingerprint density at radius 1 is 1.36 bits per heavy atom. The summed E-state index contributed by atoms with van der Waals surface area (Å²) in [5.41, 5.74) is -0.459. The molecule has 2 fully saturated rings. The van der Waals surface area contributed by atoms with Gasteiger partial charge in [0.05, 0.1) is 12.5 Å². The second-order valence-corrected chi connectivity index (χ2v) is 7.56. The number of nitriles is 1. The third-order valence-electron chi connectivity index (χ3n) is 5.77. The van der Waals surface area contributed by atoms with Crippen LogP contribution in [-0.4, -0.2) is 48.2 Å². The Balaban J connectivity index is 1.76. The summed E-state index contributed by atoms with van der Waals surface area (Å²) in [7, 11) is 0. The van der Waals surface area contributed by atoms with Gasteiger partial charge in [0.25, 0.3) is 12.3 Å². The Hall–Kier alpha value is -2.57. The summed E-state index contributed by atoms with van der Waals surface area (Å²) in [6.45, 7) is 0.921. The molecular formula is C18H18F4N4O2. The first-order valence-corrected chi connectivity index (χ1v) is 9.09. The number of fused-ring (bicyclic) bond motifs is 1. The second kappa shape index (κ2) is 6.50. The molecule has 1 atom stereocenters. The third-order valence-corrected chi connectivity index (χ3v) is 5.77. The van der Waals surface area contributed by atoms with Crippen LogP contribution in [0, 0.1) is 17.2 Å². The summed E-state index contributed by atoms with van der Waals surface area (Å²) < 4.78 is 55.6. The van der Waals surface area contributed by atoms with Crippen LogP contribution in [0.4, 0.5) is 29.2 Å². The van der Waals surface area contributed by atoms with Gasteiger partial charge in [-0.15, -0.1) is 0 Å². The van der Waals surface area contributed by atoms with Crippen molar-refractivity contribution in [3.05, 3.63) is 16.7 Å². The molecule has 0 radical (unpaired) electrons. The number of aromatic nitrogens is 1. The van der Waals surface area contributed by atoms with Crippen molar-refractivity contribution in [2.24, 2.45) is 5.92 Å². The number of hydrogen-bond acceptors (Lipinski definition) is 5. The molecule has 6 nitrogen and oxygen atoms in total. The number of carboxylic acids is 1. The Kier molecular flexibility index (Phi) is 4.36. The molecule has 150 valence electrons. The zero-order valence-electron chi connectivity index (χ0n) is 14.8. The van der Waals surface area contributed by atoms with Gasteiger partial charge in [-0.2, -0.15) is 5.26 Å². The fraction of sp³-hybridized carbons (Fsp3) is 0.611. The van der Waals surface area contributed by atoms with Crippen LogP contribution in [-0.2, 0) is 17.1 Å². The molecule has 0 spiro atoms. The van der Waals surface area contributed by atoms with Gasteiger partial charge in [-0.25, -0.2) is 22.5 Å². The average molecular weight is 398 g/mol. The predicted molar refractivity (Wildman–Crippen MR) is 90.9 cm³/mol. The molecule has 4 rings (SSSR count). The summed E-state index contributed by atoms with van der Waals surface area (Å²) in [4.78, 5) is 18.2. The summed E-state index contributed by atoms with van der Waals surface area (Å²) in [5, 5.41) is 18.4. The fourth-order valence-corrected chi connectivity index (χ4v) is 4.27. The van der Waals surface area contributed by atoms with Crippen molar-refractivity contribution >= 4 is 17.6 Å². The van der Waals surface area contributed by atoms with E-state index in [1.165, 1.54) is 4.90 Å². The maximum absolute atomic E-state index is 14.6. The third kappa shape index (κ3) is 2.84. The van der Waals surface area contributed by atoms with E-state index in [-0.39, 0.29) is 54.5 Å². The Labute approximate surface area is 158 Å². The fourth-order valence-electron chi connectivity index (χ4n) is 4.27. The SMILES string of the molecule is N#Cc1c(N2CCC2C(F)F)nc(N2CC(CC(=O)O)C2)c2c1C(F)(F)CC2. The lowest BCUT2D eigenvalue weighted by molar-refractivity contribution is -0.138. The van der Waals surface area contributed by atoms with Crippen LogP contribution in [0.1, 0.15) is 36.0 Å². The number of nitrogens with zero attached hydrogens (tertiary/aromatic N) is 4. The lowest BCUT2D eigenvalue weighted by Crippen LogP contribution is -2.53. The molecule has 0 aromatic carbocycles. The number of alkyl halides is 4. The van der Waals surface area contributed by atoms with E-state index < -0.39 is 36.3 Å². The van der Waals surface area contributed by atoms with Gasteiger partial charge in [0.1, 0.15) is 23.3 Å². The molecule has 1 aromatic rings. The highest BCUT2D eigenvalue weighted by atomic mass is 19.3. The van der Waals surface area contributed by atoms with Gasteiger partial charge in [0.2, 0.25) is 0 Å². The molecule has 2 aliphatic heterocycles. The minimum absolute atomic E-state index is 0.0302. The van der Waals surface area contributed by atoms with Crippen LogP contribution in [0.2, 0.25) is 0 Å². The van der Waals surface area contributed by atoms with Gasteiger partial charge >= 0.3 is 5.97 Å². The van der Waals surface area contributed by atoms with Crippen molar-refractivity contribution in [3.8, 4) is 6.07 Å². The summed E-state index contributed by atoms with van der Waals surface area (Å²) >= 11 is 0. The highest BCUT2D eigenvalue weighted by Gasteiger charge is 2.48. The predicted octanol–water partition coefficient (Wildman–Crippen LogP) is 2.75. The number of carboxylic acid groups (broad SMARTS) is 1. The number of hydrogen-bond donors (Lipinski definition) is 1. The van der Waals surface area contributed by atoms with Crippen molar-refractivity contribution in [3.63, 3.8) is 0 Å². The molecule has 3 heterocycles. The van der Waals surface area contributed by atoms with E-state index in [0.717, 1.165) is 0 Å². The van der Waals surface area contributed by atoms with Gasteiger partial charge in [-0.1, -0.05) is 0 Å². The summed E-state index contributed by atoms with van der Waals surface area (Å²) in [5.74, 6) is -4.12. The number of pyridine rings is 1. The highest BCUT2D eigenvalue weighted by molar-refractivity contribution is 5.72. The van der Waals surface area contributed by atoms with Crippen LogP contribution in [0.15, 0.2) is 0 Å². The quantitative estimate of drug-likeness (QED) is 0.769. The average Bonchev–Trinajstić information content (AvgIpc) is 2.84. The van der Waals surface area contributed by atoms with E-state index in [9.17, 15) is 27.6 Å². The van der Waals surface area contributed by atoms with Gasteiger partial charge < -0.3 is 14.9 Å². The molecule has 0 saturated carbocycles. The maximum atomic E-state index is 14.6. The molecule has 3 aliphatic rings. The molecule has 10 heteroatoms. The Morgan fingerprint density at radius 3 is 2.61 bits per heavy atom. The first kappa shape index (κ1) is 18.8. The van der Waals surface area contributed by atoms with E-state index in [2.05, 4.69) is 4.98 Å².